The summed E-state index contributed by atoms with van der Waals surface area (Å²) >= 11 is 0. The van der Waals surface area contributed by atoms with Crippen molar-refractivity contribution in [1.29, 1.82) is 0 Å². The van der Waals surface area contributed by atoms with Gasteiger partial charge in [0.15, 0.2) is 0 Å². The van der Waals surface area contributed by atoms with E-state index < -0.39 is 5.41 Å². The van der Waals surface area contributed by atoms with E-state index >= 15 is 0 Å². The molecule has 26 heavy (non-hydrogen) atoms. The number of nitrogens with one attached hydrogen (secondary N) is 2. The first-order valence-corrected chi connectivity index (χ1v) is 8.48. The van der Waals surface area contributed by atoms with E-state index in [-0.39, 0.29) is 11.8 Å². The van der Waals surface area contributed by atoms with E-state index in [0.29, 0.717) is 17.8 Å². The van der Waals surface area contributed by atoms with Crippen molar-refractivity contribution in [2.75, 3.05) is 24.3 Å². The molecule has 0 saturated heterocycles. The highest BCUT2D eigenvalue weighted by molar-refractivity contribution is 6.02. The molecule has 0 aliphatic carbocycles. The van der Waals surface area contributed by atoms with Crippen LogP contribution in [0.3, 0.4) is 0 Å². The van der Waals surface area contributed by atoms with E-state index in [2.05, 4.69) is 15.6 Å². The lowest BCUT2D eigenvalue weighted by Gasteiger charge is -2.21. The number of aromatic nitrogens is 1. The largest absolute Gasteiger partial charge is 0.377 e. The third kappa shape index (κ3) is 5.05. The minimum atomic E-state index is -0.511. The second kappa shape index (κ2) is 7.99. The quantitative estimate of drug-likeness (QED) is 0.865. The van der Waals surface area contributed by atoms with Gasteiger partial charge in [0.2, 0.25) is 5.91 Å². The smallest absolute Gasteiger partial charge is 0.253 e. The number of anilines is 2. The fourth-order valence-corrected chi connectivity index (χ4v) is 2.28. The van der Waals surface area contributed by atoms with Gasteiger partial charge in [0.1, 0.15) is 0 Å². The maximum atomic E-state index is 12.7. The summed E-state index contributed by atoms with van der Waals surface area (Å²) in [6, 6.07) is 9.07. The first-order valence-electron chi connectivity index (χ1n) is 8.48. The number of pyridine rings is 1. The Kier molecular flexibility index (Phi) is 5.97. The number of hydrogen-bond donors (Lipinski definition) is 2. The third-order valence-corrected chi connectivity index (χ3v) is 3.84. The van der Waals surface area contributed by atoms with Gasteiger partial charge in [0.25, 0.3) is 5.91 Å². The van der Waals surface area contributed by atoms with Gasteiger partial charge >= 0.3 is 0 Å². The molecule has 0 spiro atoms. The standard InChI is InChI=1S/C20H26N4O2/c1-20(2,3)19(26)23-15-8-9-17(24(4)5)16(11-15)18(25)22-13-14-7-6-10-21-12-14/h6-12H,13H2,1-5H3,(H,22,25)(H,23,26). The van der Waals surface area contributed by atoms with Gasteiger partial charge in [-0.15, -0.1) is 0 Å². The van der Waals surface area contributed by atoms with Crippen molar-refractivity contribution >= 4 is 23.2 Å². The maximum absolute atomic E-state index is 12.7. The number of nitrogens with zero attached hydrogens (tertiary/aromatic N) is 2. The molecule has 2 aromatic rings. The normalized spacial score (nSPS) is 11.0. The summed E-state index contributed by atoms with van der Waals surface area (Å²) in [5.41, 5.74) is 2.29. The van der Waals surface area contributed by atoms with Gasteiger partial charge in [-0.3, -0.25) is 14.6 Å². The molecule has 6 heteroatoms. The Labute approximate surface area is 154 Å². The molecule has 2 N–H and O–H groups in total. The summed E-state index contributed by atoms with van der Waals surface area (Å²) in [7, 11) is 3.75. The van der Waals surface area contributed by atoms with E-state index in [9.17, 15) is 9.59 Å². The number of carbonyl (C=O) groups is 2. The van der Waals surface area contributed by atoms with Crippen LogP contribution in [0.2, 0.25) is 0 Å². The van der Waals surface area contributed by atoms with E-state index in [1.807, 2.05) is 58.0 Å². The number of benzene rings is 1. The minimum Gasteiger partial charge on any atom is -0.377 e. The Morgan fingerprint density at radius 2 is 1.88 bits per heavy atom. The molecule has 0 unspecified atom stereocenters. The lowest BCUT2D eigenvalue weighted by molar-refractivity contribution is -0.123. The Balaban J connectivity index is 2.22. The highest BCUT2D eigenvalue weighted by atomic mass is 16.2. The molecule has 0 atom stereocenters. The van der Waals surface area contributed by atoms with Gasteiger partial charge in [0.05, 0.1) is 5.56 Å². The molecule has 1 heterocycles. The predicted octanol–water partition coefficient (Wildman–Crippen LogP) is 3.06. The van der Waals surface area contributed by atoms with E-state index in [0.717, 1.165) is 11.3 Å². The van der Waals surface area contributed by atoms with Crippen molar-refractivity contribution in [3.63, 3.8) is 0 Å². The van der Waals surface area contributed by atoms with Crippen molar-refractivity contribution in [2.45, 2.75) is 27.3 Å². The number of carbonyl (C=O) groups excluding carboxylic acids is 2. The molecule has 0 radical (unpaired) electrons. The Morgan fingerprint density at radius 1 is 1.15 bits per heavy atom. The molecule has 0 fully saturated rings. The number of rotatable bonds is 5. The summed E-state index contributed by atoms with van der Waals surface area (Å²) in [6.45, 7) is 5.92. The van der Waals surface area contributed by atoms with Crippen LogP contribution < -0.4 is 15.5 Å². The molecule has 6 nitrogen and oxygen atoms in total. The zero-order valence-corrected chi connectivity index (χ0v) is 16.0. The van der Waals surface area contributed by atoms with Crippen LogP contribution in [0.5, 0.6) is 0 Å². The van der Waals surface area contributed by atoms with Crippen LogP contribution in [0.25, 0.3) is 0 Å². The van der Waals surface area contributed by atoms with Gasteiger partial charge < -0.3 is 15.5 Å². The van der Waals surface area contributed by atoms with Crippen LogP contribution in [0.15, 0.2) is 42.7 Å². The van der Waals surface area contributed by atoms with E-state index in [4.69, 9.17) is 0 Å². The lowest BCUT2D eigenvalue weighted by Crippen LogP contribution is -2.28. The van der Waals surface area contributed by atoms with Gasteiger partial charge in [0, 0.05) is 49.8 Å². The molecule has 138 valence electrons. The molecule has 1 aromatic carbocycles. The van der Waals surface area contributed by atoms with Crippen LogP contribution in [0.4, 0.5) is 11.4 Å². The van der Waals surface area contributed by atoms with Gasteiger partial charge in [-0.1, -0.05) is 26.8 Å². The van der Waals surface area contributed by atoms with Crippen LogP contribution >= 0.6 is 0 Å². The highest BCUT2D eigenvalue weighted by Crippen LogP contribution is 2.25. The first kappa shape index (κ1) is 19.4. The SMILES string of the molecule is CN(C)c1ccc(NC(=O)C(C)(C)C)cc1C(=O)NCc1cccnc1. The van der Waals surface area contributed by atoms with Crippen molar-refractivity contribution in [1.82, 2.24) is 10.3 Å². The van der Waals surface area contributed by atoms with Crippen LogP contribution in [-0.2, 0) is 11.3 Å². The topological polar surface area (TPSA) is 74.3 Å². The Morgan fingerprint density at radius 3 is 2.46 bits per heavy atom. The van der Waals surface area contributed by atoms with Crippen molar-refractivity contribution < 1.29 is 9.59 Å². The molecule has 1 aromatic heterocycles. The average Bonchev–Trinajstić information content (AvgIpc) is 2.59. The maximum Gasteiger partial charge on any atom is 0.253 e. The van der Waals surface area contributed by atoms with Gasteiger partial charge in [-0.05, 0) is 29.8 Å². The highest BCUT2D eigenvalue weighted by Gasteiger charge is 2.22. The van der Waals surface area contributed by atoms with Crippen LogP contribution in [-0.4, -0.2) is 30.9 Å². The molecular weight excluding hydrogens is 328 g/mol. The zero-order chi connectivity index (χ0) is 19.3. The molecule has 2 rings (SSSR count). The summed E-state index contributed by atoms with van der Waals surface area (Å²) in [5, 5.41) is 5.77. The number of amides is 2. The summed E-state index contributed by atoms with van der Waals surface area (Å²) in [5.74, 6) is -0.304. The Hall–Kier alpha value is -2.89. The molecule has 0 bridgehead atoms. The molecule has 0 aliphatic heterocycles. The minimum absolute atomic E-state index is 0.100. The monoisotopic (exact) mass is 354 g/mol. The van der Waals surface area contributed by atoms with Crippen molar-refractivity contribution in [3.05, 3.63) is 53.9 Å². The molecule has 0 aliphatic rings. The van der Waals surface area contributed by atoms with Crippen LogP contribution in [0.1, 0.15) is 36.7 Å². The zero-order valence-electron chi connectivity index (χ0n) is 16.0. The second-order valence-corrected chi connectivity index (χ2v) is 7.37. The fourth-order valence-electron chi connectivity index (χ4n) is 2.28. The van der Waals surface area contributed by atoms with E-state index in [1.165, 1.54) is 0 Å². The van der Waals surface area contributed by atoms with Crippen LogP contribution in [0, 0.1) is 5.41 Å². The second-order valence-electron chi connectivity index (χ2n) is 7.37. The van der Waals surface area contributed by atoms with E-state index in [1.54, 1.807) is 24.5 Å². The Bertz CT molecular complexity index is 780. The summed E-state index contributed by atoms with van der Waals surface area (Å²) < 4.78 is 0. The average molecular weight is 354 g/mol. The van der Waals surface area contributed by atoms with Crippen molar-refractivity contribution in [2.24, 2.45) is 5.41 Å². The van der Waals surface area contributed by atoms with Gasteiger partial charge in [-0.25, -0.2) is 0 Å². The van der Waals surface area contributed by atoms with Gasteiger partial charge in [-0.2, -0.15) is 0 Å². The summed E-state index contributed by atoms with van der Waals surface area (Å²) in [4.78, 5) is 30.8. The third-order valence-electron chi connectivity index (χ3n) is 3.84. The molecule has 0 saturated carbocycles. The first-order chi connectivity index (χ1) is 12.2. The molecular formula is C20H26N4O2. The fraction of sp³-hybridized carbons (Fsp3) is 0.350. The van der Waals surface area contributed by atoms with Crippen molar-refractivity contribution in [3.8, 4) is 0 Å². The summed E-state index contributed by atoms with van der Waals surface area (Å²) in [6.07, 6.45) is 3.41. The lowest BCUT2D eigenvalue weighted by atomic mass is 9.95. The predicted molar refractivity (Wildman–Crippen MR) is 104 cm³/mol. The number of hydrogen-bond acceptors (Lipinski definition) is 4. The molecule has 2 amide bonds.